The van der Waals surface area contributed by atoms with E-state index < -0.39 is 11.4 Å². The van der Waals surface area contributed by atoms with E-state index in [-0.39, 0.29) is 16.7 Å². The maximum atomic E-state index is 11.6. The van der Waals surface area contributed by atoms with E-state index in [4.69, 9.17) is 0 Å². The summed E-state index contributed by atoms with van der Waals surface area (Å²) in [4.78, 5) is 27.0. The fourth-order valence-corrected chi connectivity index (χ4v) is 4.56. The Morgan fingerprint density at radius 3 is 2.94 bits per heavy atom. The van der Waals surface area contributed by atoms with E-state index in [1.807, 2.05) is 0 Å². The van der Waals surface area contributed by atoms with Gasteiger partial charge in [0.25, 0.3) is 0 Å². The van der Waals surface area contributed by atoms with Crippen LogP contribution in [0.25, 0.3) is 0 Å². The number of hydrogen-bond acceptors (Lipinski definition) is 5. The fraction of sp³-hybridized carbons (Fsp3) is 0.818. The van der Waals surface area contributed by atoms with Gasteiger partial charge in [0.2, 0.25) is 5.91 Å². The van der Waals surface area contributed by atoms with Crippen LogP contribution in [0.4, 0.5) is 0 Å². The topological polar surface area (TPSA) is 72.9 Å². The van der Waals surface area contributed by atoms with Crippen molar-refractivity contribution in [1.82, 2.24) is 15.1 Å². The van der Waals surface area contributed by atoms with Gasteiger partial charge in [-0.05, 0) is 6.92 Å². The molecule has 0 spiro atoms. The molecule has 100 valence electrons. The molecule has 1 amide bonds. The minimum absolute atomic E-state index is 0.0562. The van der Waals surface area contributed by atoms with Crippen LogP contribution in [0.2, 0.25) is 0 Å². The summed E-state index contributed by atoms with van der Waals surface area (Å²) < 4.78 is 0. The zero-order valence-corrected chi connectivity index (χ0v) is 11.1. The molecule has 3 heterocycles. The van der Waals surface area contributed by atoms with Gasteiger partial charge in [0, 0.05) is 26.3 Å². The Balaban J connectivity index is 1.85. The fourth-order valence-electron chi connectivity index (χ4n) is 2.85. The molecule has 18 heavy (non-hydrogen) atoms. The van der Waals surface area contributed by atoms with E-state index in [1.54, 1.807) is 23.6 Å². The number of hydrogen-bond donors (Lipinski definition) is 2. The third-order valence-electron chi connectivity index (χ3n) is 4.06. The van der Waals surface area contributed by atoms with Crippen LogP contribution < -0.4 is 5.32 Å². The van der Waals surface area contributed by atoms with Crippen molar-refractivity contribution in [3.05, 3.63) is 0 Å². The second-order valence-electron chi connectivity index (χ2n) is 5.36. The van der Waals surface area contributed by atoms with Crippen LogP contribution in [0.3, 0.4) is 0 Å². The van der Waals surface area contributed by atoms with Gasteiger partial charge in [-0.25, -0.2) is 0 Å². The summed E-state index contributed by atoms with van der Waals surface area (Å²) in [7, 11) is 0. The van der Waals surface area contributed by atoms with Crippen LogP contribution in [-0.4, -0.2) is 63.8 Å². The van der Waals surface area contributed by atoms with Crippen LogP contribution >= 0.6 is 11.8 Å². The van der Waals surface area contributed by atoms with Crippen LogP contribution in [0.15, 0.2) is 0 Å². The molecule has 0 aromatic carbocycles. The highest BCUT2D eigenvalue weighted by atomic mass is 32.2. The number of carbonyl (C=O) groups is 2. The summed E-state index contributed by atoms with van der Waals surface area (Å²) in [6.45, 7) is 4.61. The van der Waals surface area contributed by atoms with Crippen LogP contribution in [0.5, 0.6) is 0 Å². The normalized spacial score (nSPS) is 40.5. The molecule has 2 unspecified atom stereocenters. The van der Waals surface area contributed by atoms with E-state index in [9.17, 15) is 14.7 Å². The molecule has 3 aliphatic heterocycles. The van der Waals surface area contributed by atoms with Gasteiger partial charge in [-0.2, -0.15) is 0 Å². The monoisotopic (exact) mass is 271 g/mol. The van der Waals surface area contributed by atoms with Crippen molar-refractivity contribution >= 4 is 23.6 Å². The summed E-state index contributed by atoms with van der Waals surface area (Å²) in [5, 5.41) is 12.9. The molecule has 0 aliphatic carbocycles. The first-order valence-corrected chi connectivity index (χ1v) is 7.10. The molecule has 3 aliphatic rings. The number of nitrogens with zero attached hydrogens (tertiary/aromatic N) is 2. The molecule has 2 N–H and O–H groups in total. The van der Waals surface area contributed by atoms with E-state index in [0.29, 0.717) is 13.0 Å². The Hall–Kier alpha value is -0.790. The number of β-lactam (4-membered cyclic amide) rings is 1. The summed E-state index contributed by atoms with van der Waals surface area (Å²) in [6, 6.07) is 0. The Labute approximate surface area is 110 Å². The van der Waals surface area contributed by atoms with Crippen molar-refractivity contribution in [2.45, 2.75) is 24.1 Å². The molecule has 3 atom stereocenters. The molecule has 7 heteroatoms. The summed E-state index contributed by atoms with van der Waals surface area (Å²) in [5.41, 5.74) is -0.886. The van der Waals surface area contributed by atoms with E-state index in [0.717, 1.165) is 19.8 Å². The maximum Gasteiger partial charge on any atom is 0.313 e. The van der Waals surface area contributed by atoms with Gasteiger partial charge in [-0.1, -0.05) is 0 Å². The number of thioether (sulfide) groups is 1. The molecule has 0 aromatic heterocycles. The quantitative estimate of drug-likeness (QED) is 0.664. The molecule has 6 nitrogen and oxygen atoms in total. The van der Waals surface area contributed by atoms with Gasteiger partial charge in [0.1, 0.15) is 5.41 Å². The standard InChI is InChI=1S/C11H17N3O3S/c1-11(10(16)17)5-14-7(15)4-8(14)18-9(11)13-3-2-12-6-13/h8-9,12H,2-6H2,1H3,(H,16,17)/t8-,9?,11?/m1/s1. The van der Waals surface area contributed by atoms with Gasteiger partial charge < -0.3 is 15.3 Å². The minimum atomic E-state index is -0.886. The Bertz CT molecular complexity index is 399. The summed E-state index contributed by atoms with van der Waals surface area (Å²) >= 11 is 1.63. The van der Waals surface area contributed by atoms with Gasteiger partial charge in [-0.15, -0.1) is 11.8 Å². The number of amides is 1. The Morgan fingerprint density at radius 1 is 1.61 bits per heavy atom. The number of carboxylic acids is 1. The largest absolute Gasteiger partial charge is 0.481 e. The van der Waals surface area contributed by atoms with Gasteiger partial charge in [0.15, 0.2) is 0 Å². The number of carbonyl (C=O) groups excluding carboxylic acids is 1. The first-order chi connectivity index (χ1) is 8.52. The third kappa shape index (κ3) is 1.64. The molecule has 0 bridgehead atoms. The smallest absolute Gasteiger partial charge is 0.313 e. The van der Waals surface area contributed by atoms with Crippen molar-refractivity contribution < 1.29 is 14.7 Å². The number of aliphatic carboxylic acids is 1. The maximum absolute atomic E-state index is 11.6. The summed E-state index contributed by atoms with van der Waals surface area (Å²) in [5.74, 6) is -0.733. The third-order valence-corrected chi connectivity index (χ3v) is 5.87. The summed E-state index contributed by atoms with van der Waals surface area (Å²) in [6.07, 6.45) is 0.554. The molecule has 3 saturated heterocycles. The molecule has 3 rings (SSSR count). The van der Waals surface area contributed by atoms with Crippen molar-refractivity contribution in [3.8, 4) is 0 Å². The van der Waals surface area contributed by atoms with Gasteiger partial charge in [-0.3, -0.25) is 14.5 Å². The predicted octanol–water partition coefficient (Wildman–Crippen LogP) is -0.429. The molecule has 0 aromatic rings. The van der Waals surface area contributed by atoms with Crippen molar-refractivity contribution in [1.29, 1.82) is 0 Å². The average Bonchev–Trinajstić information content (AvgIpc) is 2.83. The van der Waals surface area contributed by atoms with Crippen molar-refractivity contribution in [3.63, 3.8) is 0 Å². The SMILES string of the molecule is CC1(C(=O)O)CN2C(=O)C[C@H]2SC1N1CCNC1. The molecule has 0 saturated carbocycles. The first kappa shape index (κ1) is 12.3. The lowest BCUT2D eigenvalue weighted by atomic mass is 9.87. The van der Waals surface area contributed by atoms with Crippen LogP contribution in [-0.2, 0) is 9.59 Å². The highest BCUT2D eigenvalue weighted by Crippen LogP contribution is 2.48. The minimum Gasteiger partial charge on any atom is -0.481 e. The zero-order valence-electron chi connectivity index (χ0n) is 10.3. The highest BCUT2D eigenvalue weighted by molar-refractivity contribution is 8.00. The predicted molar refractivity (Wildman–Crippen MR) is 66.8 cm³/mol. The van der Waals surface area contributed by atoms with E-state index in [1.165, 1.54) is 0 Å². The first-order valence-electron chi connectivity index (χ1n) is 6.15. The lowest BCUT2D eigenvalue weighted by Crippen LogP contribution is -2.66. The van der Waals surface area contributed by atoms with Gasteiger partial charge in [0.05, 0.1) is 17.2 Å². The van der Waals surface area contributed by atoms with E-state index in [2.05, 4.69) is 10.2 Å². The highest BCUT2D eigenvalue weighted by Gasteiger charge is 2.56. The molecule has 0 radical (unpaired) electrons. The van der Waals surface area contributed by atoms with Crippen LogP contribution in [0.1, 0.15) is 13.3 Å². The average molecular weight is 271 g/mol. The lowest BCUT2D eigenvalue weighted by Gasteiger charge is -2.54. The van der Waals surface area contributed by atoms with Crippen LogP contribution in [0, 0.1) is 5.41 Å². The Kier molecular flexibility index (Phi) is 2.80. The Morgan fingerprint density at radius 2 is 2.39 bits per heavy atom. The van der Waals surface area contributed by atoms with E-state index >= 15 is 0 Å². The number of rotatable bonds is 2. The van der Waals surface area contributed by atoms with Gasteiger partial charge >= 0.3 is 5.97 Å². The molecular weight excluding hydrogens is 254 g/mol. The molecular formula is C11H17N3O3S. The zero-order chi connectivity index (χ0) is 12.9. The molecule has 3 fully saturated rings. The number of carboxylic acid groups (broad SMARTS) is 1. The lowest BCUT2D eigenvalue weighted by molar-refractivity contribution is -0.158. The van der Waals surface area contributed by atoms with Crippen molar-refractivity contribution in [2.24, 2.45) is 5.41 Å². The number of nitrogens with one attached hydrogen (secondary N) is 1. The van der Waals surface area contributed by atoms with Crippen molar-refractivity contribution in [2.75, 3.05) is 26.3 Å². The second-order valence-corrected chi connectivity index (χ2v) is 6.62. The number of fused-ring (bicyclic) bond motifs is 1. The second kappa shape index (κ2) is 4.11.